The Hall–Kier alpha value is -0.120. The number of hydrogen-bond acceptors (Lipinski definition) is 4. The lowest BCUT2D eigenvalue weighted by atomic mass is 9.73. The molecule has 1 atom stereocenters. The van der Waals surface area contributed by atoms with Gasteiger partial charge >= 0.3 is 0 Å². The van der Waals surface area contributed by atoms with Gasteiger partial charge in [0.1, 0.15) is 0 Å². The van der Waals surface area contributed by atoms with Crippen molar-refractivity contribution in [3.63, 3.8) is 0 Å². The molecule has 1 heterocycles. The molecule has 1 saturated carbocycles. The van der Waals surface area contributed by atoms with Gasteiger partial charge < -0.3 is 20.5 Å². The molecule has 0 aromatic heterocycles. The summed E-state index contributed by atoms with van der Waals surface area (Å²) in [6.45, 7) is 8.44. The number of rotatable bonds is 7. The number of morpholine rings is 1. The number of nitrogens with two attached hydrogens (primary N) is 1. The predicted molar refractivity (Wildman–Crippen MR) is 109 cm³/mol. The Kier molecular flexibility index (Phi) is 10.5. The SMILES string of the molecule is COCC(C)NC(N)=NCC1(CN2CCOCC2)CCCCC1.I. The zero-order chi connectivity index (χ0) is 16.5. The molecule has 0 spiro atoms. The zero-order valence-corrected chi connectivity index (χ0v) is 17.6. The molecule has 1 aliphatic carbocycles. The van der Waals surface area contributed by atoms with Gasteiger partial charge in [-0.2, -0.15) is 0 Å². The second-order valence-electron chi connectivity index (χ2n) is 7.15. The lowest BCUT2D eigenvalue weighted by molar-refractivity contribution is 0.00938. The highest BCUT2D eigenvalue weighted by Gasteiger charge is 2.34. The average Bonchev–Trinajstić information content (AvgIpc) is 2.55. The summed E-state index contributed by atoms with van der Waals surface area (Å²) < 4.78 is 10.6. The molecule has 2 aliphatic rings. The van der Waals surface area contributed by atoms with Crippen LogP contribution in [0.2, 0.25) is 0 Å². The third-order valence-corrected chi connectivity index (χ3v) is 4.97. The molecule has 3 N–H and O–H groups in total. The lowest BCUT2D eigenvalue weighted by Gasteiger charge is -2.41. The van der Waals surface area contributed by atoms with Crippen LogP contribution in [0.1, 0.15) is 39.0 Å². The van der Waals surface area contributed by atoms with Crippen LogP contribution in [-0.4, -0.2) is 70.0 Å². The van der Waals surface area contributed by atoms with Crippen LogP contribution < -0.4 is 11.1 Å². The summed E-state index contributed by atoms with van der Waals surface area (Å²) in [4.78, 5) is 7.22. The van der Waals surface area contributed by atoms with Crippen LogP contribution in [-0.2, 0) is 9.47 Å². The molecule has 142 valence electrons. The maximum Gasteiger partial charge on any atom is 0.188 e. The van der Waals surface area contributed by atoms with Crippen molar-refractivity contribution >= 4 is 29.9 Å². The predicted octanol–water partition coefficient (Wildman–Crippen LogP) is 1.83. The number of hydrogen-bond donors (Lipinski definition) is 2. The summed E-state index contributed by atoms with van der Waals surface area (Å²) in [5, 5.41) is 3.21. The van der Waals surface area contributed by atoms with Crippen molar-refractivity contribution in [3.05, 3.63) is 0 Å². The van der Waals surface area contributed by atoms with E-state index < -0.39 is 0 Å². The molecule has 6 nitrogen and oxygen atoms in total. The molecule has 1 saturated heterocycles. The highest BCUT2D eigenvalue weighted by molar-refractivity contribution is 14.0. The minimum atomic E-state index is 0. The monoisotopic (exact) mass is 454 g/mol. The highest BCUT2D eigenvalue weighted by Crippen LogP contribution is 2.37. The Bertz CT molecular complexity index is 370. The average molecular weight is 454 g/mol. The molecular weight excluding hydrogens is 419 g/mol. The molecular formula is C17H35IN4O2. The summed E-state index contributed by atoms with van der Waals surface area (Å²) in [5.74, 6) is 0.543. The van der Waals surface area contributed by atoms with Crippen molar-refractivity contribution in [2.75, 3.05) is 53.1 Å². The van der Waals surface area contributed by atoms with E-state index in [4.69, 9.17) is 15.2 Å². The first-order valence-corrected chi connectivity index (χ1v) is 8.99. The molecule has 2 fully saturated rings. The molecule has 0 aromatic carbocycles. The van der Waals surface area contributed by atoms with E-state index in [1.807, 2.05) is 0 Å². The molecule has 0 amide bonds. The van der Waals surface area contributed by atoms with Gasteiger partial charge in [-0.05, 0) is 19.8 Å². The lowest BCUT2D eigenvalue weighted by Crippen LogP contribution is -2.47. The van der Waals surface area contributed by atoms with Gasteiger partial charge in [-0.3, -0.25) is 9.89 Å². The largest absolute Gasteiger partial charge is 0.383 e. The van der Waals surface area contributed by atoms with Crippen LogP contribution in [0, 0.1) is 5.41 Å². The van der Waals surface area contributed by atoms with Crippen LogP contribution in [0.3, 0.4) is 0 Å². The van der Waals surface area contributed by atoms with E-state index >= 15 is 0 Å². The van der Waals surface area contributed by atoms with Gasteiger partial charge in [-0.1, -0.05) is 19.3 Å². The summed E-state index contributed by atoms with van der Waals surface area (Å²) in [5.41, 5.74) is 6.35. The molecule has 0 aromatic rings. The second kappa shape index (κ2) is 11.5. The first kappa shape index (κ1) is 21.9. The quantitative estimate of drug-likeness (QED) is 0.349. The van der Waals surface area contributed by atoms with Crippen LogP contribution in [0.25, 0.3) is 0 Å². The number of ether oxygens (including phenoxy) is 2. The van der Waals surface area contributed by atoms with Gasteiger partial charge in [0, 0.05) is 44.7 Å². The topological polar surface area (TPSA) is 72.1 Å². The van der Waals surface area contributed by atoms with Crippen molar-refractivity contribution in [2.24, 2.45) is 16.1 Å². The molecule has 1 aliphatic heterocycles. The van der Waals surface area contributed by atoms with E-state index in [1.165, 1.54) is 32.1 Å². The van der Waals surface area contributed by atoms with Gasteiger partial charge in [0.25, 0.3) is 0 Å². The van der Waals surface area contributed by atoms with E-state index in [9.17, 15) is 0 Å². The Morgan fingerprint density at radius 3 is 2.58 bits per heavy atom. The van der Waals surface area contributed by atoms with Crippen molar-refractivity contribution in [1.82, 2.24) is 10.2 Å². The summed E-state index contributed by atoms with van der Waals surface area (Å²) in [6, 6.07) is 0.185. The van der Waals surface area contributed by atoms with Crippen molar-refractivity contribution in [2.45, 2.75) is 45.1 Å². The highest BCUT2D eigenvalue weighted by atomic mass is 127. The van der Waals surface area contributed by atoms with Gasteiger partial charge in [0.15, 0.2) is 5.96 Å². The zero-order valence-electron chi connectivity index (χ0n) is 15.3. The van der Waals surface area contributed by atoms with E-state index in [-0.39, 0.29) is 35.4 Å². The first-order valence-electron chi connectivity index (χ1n) is 8.99. The molecule has 0 bridgehead atoms. The van der Waals surface area contributed by atoms with Crippen molar-refractivity contribution in [3.8, 4) is 0 Å². The maximum atomic E-state index is 6.06. The number of methoxy groups -OCH3 is 1. The van der Waals surface area contributed by atoms with Crippen LogP contribution in [0.5, 0.6) is 0 Å². The van der Waals surface area contributed by atoms with Gasteiger partial charge in [0.2, 0.25) is 0 Å². The fourth-order valence-corrected chi connectivity index (χ4v) is 3.74. The van der Waals surface area contributed by atoms with Crippen molar-refractivity contribution in [1.29, 1.82) is 0 Å². The first-order chi connectivity index (χ1) is 11.1. The molecule has 2 rings (SSSR count). The van der Waals surface area contributed by atoms with Crippen LogP contribution in [0.4, 0.5) is 0 Å². The van der Waals surface area contributed by atoms with Gasteiger partial charge in [0.05, 0.1) is 19.8 Å². The fraction of sp³-hybridized carbons (Fsp3) is 0.941. The fourth-order valence-electron chi connectivity index (χ4n) is 3.74. The number of guanidine groups is 1. The smallest absolute Gasteiger partial charge is 0.188 e. The van der Waals surface area contributed by atoms with Gasteiger partial charge in [-0.25, -0.2) is 0 Å². The van der Waals surface area contributed by atoms with E-state index in [0.29, 0.717) is 12.6 Å². The Morgan fingerprint density at radius 2 is 1.96 bits per heavy atom. The van der Waals surface area contributed by atoms with E-state index in [0.717, 1.165) is 39.4 Å². The second-order valence-corrected chi connectivity index (χ2v) is 7.15. The third kappa shape index (κ3) is 7.41. The number of halogens is 1. The summed E-state index contributed by atoms with van der Waals surface area (Å²) in [6.07, 6.45) is 6.50. The minimum Gasteiger partial charge on any atom is -0.383 e. The third-order valence-electron chi connectivity index (χ3n) is 4.97. The number of aliphatic imine (C=N–C) groups is 1. The van der Waals surface area contributed by atoms with Crippen LogP contribution >= 0.6 is 24.0 Å². The Morgan fingerprint density at radius 1 is 1.29 bits per heavy atom. The number of nitrogens with one attached hydrogen (secondary N) is 1. The van der Waals surface area contributed by atoms with E-state index in [2.05, 4.69) is 22.1 Å². The summed E-state index contributed by atoms with van der Waals surface area (Å²) >= 11 is 0. The molecule has 0 radical (unpaired) electrons. The summed E-state index contributed by atoms with van der Waals surface area (Å²) in [7, 11) is 1.70. The Labute approximate surface area is 163 Å². The molecule has 24 heavy (non-hydrogen) atoms. The normalized spacial score (nSPS) is 23.3. The van der Waals surface area contributed by atoms with Gasteiger partial charge in [-0.15, -0.1) is 24.0 Å². The van der Waals surface area contributed by atoms with Crippen LogP contribution in [0.15, 0.2) is 4.99 Å². The Balaban J connectivity index is 0.00000288. The van der Waals surface area contributed by atoms with E-state index in [1.54, 1.807) is 7.11 Å². The standard InChI is InChI=1S/C17H34N4O2.HI/c1-15(12-22-2)20-16(18)19-13-17(6-4-3-5-7-17)14-21-8-10-23-11-9-21;/h15H,3-14H2,1-2H3,(H3,18,19,20);1H. The minimum absolute atomic E-state index is 0. The molecule has 1 unspecified atom stereocenters. The molecule has 7 heteroatoms. The van der Waals surface area contributed by atoms with Crippen molar-refractivity contribution < 1.29 is 9.47 Å². The number of nitrogens with zero attached hydrogens (tertiary/aromatic N) is 2. The maximum absolute atomic E-state index is 6.06.